The van der Waals surface area contributed by atoms with Crippen LogP contribution in [-0.4, -0.2) is 23.0 Å². The van der Waals surface area contributed by atoms with Gasteiger partial charge in [0.2, 0.25) is 5.82 Å². The molecule has 2 atom stereocenters. The Hall–Kier alpha value is -1.36. The minimum Gasteiger partial charge on any atom is -0.350 e. The van der Waals surface area contributed by atoms with Crippen LogP contribution in [0.4, 0.5) is 11.5 Å². The van der Waals surface area contributed by atoms with E-state index in [-0.39, 0.29) is 10.6 Å². The summed E-state index contributed by atoms with van der Waals surface area (Å²) in [6, 6.07) is 2.92. The molecule has 1 aliphatic carbocycles. The lowest BCUT2D eigenvalue weighted by atomic mass is 10.0. The molecular weight excluding hydrogens is 254 g/mol. The van der Waals surface area contributed by atoms with Crippen molar-refractivity contribution in [2.75, 3.05) is 18.0 Å². The van der Waals surface area contributed by atoms with Crippen LogP contribution in [-0.2, 0) is 0 Å². The van der Waals surface area contributed by atoms with E-state index >= 15 is 0 Å². The molecule has 0 amide bonds. The zero-order valence-corrected chi connectivity index (χ0v) is 10.6. The summed E-state index contributed by atoms with van der Waals surface area (Å²) in [5.74, 6) is 1.78. The Bertz CT molecular complexity index is 482. The van der Waals surface area contributed by atoms with Gasteiger partial charge >= 0.3 is 5.69 Å². The van der Waals surface area contributed by atoms with Gasteiger partial charge in [-0.2, -0.15) is 0 Å². The molecule has 6 heteroatoms. The molecule has 1 aromatic rings. The fourth-order valence-electron chi connectivity index (χ4n) is 3.20. The Labute approximate surface area is 110 Å². The van der Waals surface area contributed by atoms with Crippen LogP contribution >= 0.6 is 11.6 Å². The Morgan fingerprint density at radius 2 is 2.00 bits per heavy atom. The van der Waals surface area contributed by atoms with E-state index < -0.39 is 0 Å². The summed E-state index contributed by atoms with van der Waals surface area (Å²) in [5, 5.41) is 11.3. The Morgan fingerprint density at radius 1 is 1.33 bits per heavy atom. The van der Waals surface area contributed by atoms with Gasteiger partial charge in [0.25, 0.3) is 0 Å². The monoisotopic (exact) mass is 267 g/mol. The summed E-state index contributed by atoms with van der Waals surface area (Å²) in [7, 11) is 0. The molecule has 0 N–H and O–H groups in total. The van der Waals surface area contributed by atoms with Crippen molar-refractivity contribution >= 4 is 23.1 Å². The summed E-state index contributed by atoms with van der Waals surface area (Å²) in [4.78, 5) is 16.8. The number of fused-ring (bicyclic) bond motifs is 1. The average Bonchev–Trinajstić information content (AvgIpc) is 2.88. The second-order valence-corrected chi connectivity index (χ2v) is 5.48. The number of hydrogen-bond acceptors (Lipinski definition) is 4. The van der Waals surface area contributed by atoms with E-state index in [1.807, 2.05) is 4.90 Å². The number of rotatable bonds is 2. The first-order valence-corrected chi connectivity index (χ1v) is 6.59. The number of anilines is 1. The van der Waals surface area contributed by atoms with E-state index in [2.05, 4.69) is 4.98 Å². The molecule has 2 fully saturated rings. The van der Waals surface area contributed by atoms with Crippen LogP contribution in [0.3, 0.4) is 0 Å². The van der Waals surface area contributed by atoms with Crippen molar-refractivity contribution in [2.45, 2.75) is 19.3 Å². The van der Waals surface area contributed by atoms with Crippen molar-refractivity contribution in [3.63, 3.8) is 0 Å². The summed E-state index contributed by atoms with van der Waals surface area (Å²) in [5.41, 5.74) is 0.0550. The van der Waals surface area contributed by atoms with Crippen molar-refractivity contribution in [3.05, 3.63) is 27.4 Å². The molecule has 1 aromatic heterocycles. The quantitative estimate of drug-likeness (QED) is 0.470. The third kappa shape index (κ3) is 1.92. The third-order valence-corrected chi connectivity index (χ3v) is 4.25. The Balaban J connectivity index is 1.92. The highest BCUT2D eigenvalue weighted by molar-refractivity contribution is 6.29. The molecule has 2 unspecified atom stereocenters. The first-order chi connectivity index (χ1) is 8.65. The summed E-state index contributed by atoms with van der Waals surface area (Å²) < 4.78 is 0. The van der Waals surface area contributed by atoms with Crippen LogP contribution in [0.15, 0.2) is 12.1 Å². The normalized spacial score (nSPS) is 26.4. The van der Waals surface area contributed by atoms with Crippen molar-refractivity contribution in [1.82, 2.24) is 4.98 Å². The highest BCUT2D eigenvalue weighted by Crippen LogP contribution is 2.41. The predicted molar refractivity (Wildman–Crippen MR) is 68.9 cm³/mol. The molecule has 96 valence electrons. The van der Waals surface area contributed by atoms with E-state index in [1.165, 1.54) is 31.4 Å². The number of hydrogen-bond donors (Lipinski definition) is 0. The summed E-state index contributed by atoms with van der Waals surface area (Å²) in [6.07, 6.45) is 3.75. The smallest absolute Gasteiger partial charge is 0.311 e. The van der Waals surface area contributed by atoms with Crippen molar-refractivity contribution in [3.8, 4) is 0 Å². The van der Waals surface area contributed by atoms with Gasteiger partial charge < -0.3 is 4.90 Å². The van der Waals surface area contributed by atoms with Crippen molar-refractivity contribution in [2.24, 2.45) is 11.8 Å². The van der Waals surface area contributed by atoms with E-state index in [4.69, 9.17) is 11.6 Å². The minimum atomic E-state index is -0.382. The molecule has 3 rings (SSSR count). The maximum Gasteiger partial charge on any atom is 0.311 e. The van der Waals surface area contributed by atoms with Crippen LogP contribution < -0.4 is 4.90 Å². The van der Waals surface area contributed by atoms with E-state index in [1.54, 1.807) is 0 Å². The SMILES string of the molecule is O=[N+]([O-])c1ccc(Cl)nc1N1CC2CCCC2C1. The Morgan fingerprint density at radius 3 is 2.61 bits per heavy atom. The van der Waals surface area contributed by atoms with Gasteiger partial charge in [0.15, 0.2) is 0 Å². The van der Waals surface area contributed by atoms with Gasteiger partial charge in [-0.3, -0.25) is 10.1 Å². The molecule has 1 saturated heterocycles. The van der Waals surface area contributed by atoms with Gasteiger partial charge in [0, 0.05) is 19.2 Å². The fourth-order valence-corrected chi connectivity index (χ4v) is 3.34. The maximum absolute atomic E-state index is 11.0. The van der Waals surface area contributed by atoms with Crippen LogP contribution in [0.2, 0.25) is 5.15 Å². The van der Waals surface area contributed by atoms with Gasteiger partial charge in [-0.15, -0.1) is 0 Å². The number of aromatic nitrogens is 1. The van der Waals surface area contributed by atoms with Gasteiger partial charge in [-0.25, -0.2) is 4.98 Å². The zero-order valence-electron chi connectivity index (χ0n) is 9.88. The average molecular weight is 268 g/mol. The lowest BCUT2D eigenvalue weighted by Crippen LogP contribution is -2.23. The van der Waals surface area contributed by atoms with Crippen molar-refractivity contribution in [1.29, 1.82) is 0 Å². The highest BCUT2D eigenvalue weighted by atomic mass is 35.5. The number of nitro groups is 1. The highest BCUT2D eigenvalue weighted by Gasteiger charge is 2.38. The van der Waals surface area contributed by atoms with E-state index in [0.717, 1.165) is 13.1 Å². The first kappa shape index (κ1) is 11.7. The summed E-state index contributed by atoms with van der Waals surface area (Å²) >= 11 is 5.86. The van der Waals surface area contributed by atoms with Gasteiger partial charge in [-0.1, -0.05) is 18.0 Å². The fraction of sp³-hybridized carbons (Fsp3) is 0.583. The number of nitrogens with zero attached hydrogens (tertiary/aromatic N) is 3. The third-order valence-electron chi connectivity index (χ3n) is 4.04. The number of pyridine rings is 1. The van der Waals surface area contributed by atoms with Gasteiger partial charge in [-0.05, 0) is 30.7 Å². The number of halogens is 1. The molecule has 2 aliphatic rings. The molecule has 0 spiro atoms. The maximum atomic E-state index is 11.0. The minimum absolute atomic E-state index is 0.0550. The van der Waals surface area contributed by atoms with Crippen LogP contribution in [0, 0.1) is 22.0 Å². The second-order valence-electron chi connectivity index (χ2n) is 5.09. The van der Waals surface area contributed by atoms with Crippen LogP contribution in [0.5, 0.6) is 0 Å². The molecule has 2 heterocycles. The molecule has 18 heavy (non-hydrogen) atoms. The standard InChI is InChI=1S/C12H14ClN3O2/c13-11-5-4-10(16(17)18)12(14-11)15-6-8-2-1-3-9(8)7-15/h4-5,8-9H,1-3,6-7H2. The second kappa shape index (κ2) is 4.39. The Kier molecular flexibility index (Phi) is 2.86. The summed E-state index contributed by atoms with van der Waals surface area (Å²) in [6.45, 7) is 1.75. The van der Waals surface area contributed by atoms with E-state index in [9.17, 15) is 10.1 Å². The van der Waals surface area contributed by atoms with Crippen molar-refractivity contribution < 1.29 is 4.92 Å². The molecular formula is C12H14ClN3O2. The molecule has 1 saturated carbocycles. The topological polar surface area (TPSA) is 59.3 Å². The van der Waals surface area contributed by atoms with Gasteiger partial charge in [0.05, 0.1) is 4.92 Å². The molecule has 1 aliphatic heterocycles. The zero-order chi connectivity index (χ0) is 12.7. The van der Waals surface area contributed by atoms with Crippen LogP contribution in [0.1, 0.15) is 19.3 Å². The lowest BCUT2D eigenvalue weighted by Gasteiger charge is -2.18. The van der Waals surface area contributed by atoms with E-state index in [0.29, 0.717) is 22.8 Å². The molecule has 5 nitrogen and oxygen atoms in total. The van der Waals surface area contributed by atoms with Gasteiger partial charge in [0.1, 0.15) is 5.15 Å². The first-order valence-electron chi connectivity index (χ1n) is 6.21. The molecule has 0 bridgehead atoms. The lowest BCUT2D eigenvalue weighted by molar-refractivity contribution is -0.384. The van der Waals surface area contributed by atoms with Crippen LogP contribution in [0.25, 0.3) is 0 Å². The molecule has 0 radical (unpaired) electrons. The molecule has 0 aromatic carbocycles. The predicted octanol–water partition coefficient (Wildman–Crippen LogP) is 2.88. The largest absolute Gasteiger partial charge is 0.350 e.